The van der Waals surface area contributed by atoms with E-state index in [9.17, 15) is 19.8 Å². The van der Waals surface area contributed by atoms with E-state index in [1.807, 2.05) is 24.3 Å². The van der Waals surface area contributed by atoms with Gasteiger partial charge in [0.15, 0.2) is 0 Å². The summed E-state index contributed by atoms with van der Waals surface area (Å²) in [7, 11) is 0. The Kier molecular flexibility index (Phi) is 6.87. The number of benzene rings is 2. The van der Waals surface area contributed by atoms with E-state index in [-0.39, 0.29) is 0 Å². The average molecular weight is 516 g/mol. The molecule has 2 N–H and O–H groups in total. The highest BCUT2D eigenvalue weighted by molar-refractivity contribution is 6.00. The number of carboxylic acid groups (broad SMARTS) is 2. The van der Waals surface area contributed by atoms with Gasteiger partial charge in [-0.2, -0.15) is 0 Å². The van der Waals surface area contributed by atoms with Crippen molar-refractivity contribution < 1.29 is 19.8 Å². The van der Waals surface area contributed by atoms with Gasteiger partial charge in [-0.3, -0.25) is 0 Å². The summed E-state index contributed by atoms with van der Waals surface area (Å²) in [5.41, 5.74) is 6.12. The van der Waals surface area contributed by atoms with E-state index in [0.29, 0.717) is 17.0 Å². The van der Waals surface area contributed by atoms with Gasteiger partial charge in [0.25, 0.3) is 0 Å². The minimum atomic E-state index is -0.912. The maximum absolute atomic E-state index is 12.0. The Morgan fingerprint density at radius 2 is 1.45 bits per heavy atom. The van der Waals surface area contributed by atoms with E-state index in [1.54, 1.807) is 12.1 Å². The van der Waals surface area contributed by atoms with E-state index in [4.69, 9.17) is 0 Å². The lowest BCUT2D eigenvalue weighted by molar-refractivity contribution is 0.0686. The molecule has 38 heavy (non-hydrogen) atoms. The van der Waals surface area contributed by atoms with Crippen LogP contribution in [-0.2, 0) is 6.54 Å². The highest BCUT2D eigenvalue weighted by atomic mass is 16.4. The number of nitrogens with zero attached hydrogens (tertiary/aromatic N) is 3. The Morgan fingerprint density at radius 1 is 0.763 bits per heavy atom. The molecule has 6 rings (SSSR count). The Bertz CT molecular complexity index is 1370. The molecule has 3 aliphatic rings. The summed E-state index contributed by atoms with van der Waals surface area (Å²) in [5, 5.41) is 20.7. The van der Waals surface area contributed by atoms with E-state index in [0.717, 1.165) is 80.0 Å². The summed E-state index contributed by atoms with van der Waals surface area (Å²) < 4.78 is 2.33. The van der Waals surface area contributed by atoms with E-state index < -0.39 is 11.9 Å². The number of piperidine rings is 1. The smallest absolute Gasteiger partial charge is 0.335 e. The molecule has 1 aliphatic carbocycles. The summed E-state index contributed by atoms with van der Waals surface area (Å²) in [6.07, 6.45) is 9.73. The quantitative estimate of drug-likeness (QED) is 0.415. The zero-order valence-corrected chi connectivity index (χ0v) is 22.0. The number of carboxylic acids is 2. The van der Waals surface area contributed by atoms with Crippen LogP contribution < -0.4 is 4.90 Å². The predicted molar refractivity (Wildman–Crippen MR) is 150 cm³/mol. The van der Waals surface area contributed by atoms with Crippen molar-refractivity contribution in [1.82, 2.24) is 9.47 Å². The molecule has 2 aromatic carbocycles. The van der Waals surface area contributed by atoms with Crippen molar-refractivity contribution in [2.45, 2.75) is 63.8 Å². The number of aromatic nitrogens is 1. The summed E-state index contributed by atoms with van der Waals surface area (Å²) in [6.45, 7) is 5.55. The fourth-order valence-corrected chi connectivity index (χ4v) is 6.98. The number of likely N-dealkylation sites (tertiary alicyclic amines) is 1. The summed E-state index contributed by atoms with van der Waals surface area (Å²) in [6, 6.07) is 11.1. The Labute approximate surface area is 223 Å². The molecular weight excluding hydrogens is 478 g/mol. The van der Waals surface area contributed by atoms with Gasteiger partial charge in [0, 0.05) is 48.3 Å². The number of fused-ring (bicyclic) bond motifs is 5. The fourth-order valence-electron chi connectivity index (χ4n) is 6.98. The van der Waals surface area contributed by atoms with Crippen LogP contribution in [0.5, 0.6) is 0 Å². The highest BCUT2D eigenvalue weighted by Gasteiger charge is 2.31. The van der Waals surface area contributed by atoms with Crippen LogP contribution in [0.1, 0.15) is 83.6 Å². The summed E-state index contributed by atoms with van der Waals surface area (Å²) in [5.74, 6) is -1.40. The molecular formula is C31H37N3O4. The van der Waals surface area contributed by atoms with Crippen LogP contribution in [0.25, 0.3) is 22.2 Å². The minimum absolute atomic E-state index is 0.306. The third kappa shape index (κ3) is 4.57. The van der Waals surface area contributed by atoms with Crippen molar-refractivity contribution >= 4 is 28.5 Å². The Morgan fingerprint density at radius 3 is 2.18 bits per heavy atom. The lowest BCUT2D eigenvalue weighted by atomic mass is 9.81. The first-order valence-corrected chi connectivity index (χ1v) is 14.3. The maximum Gasteiger partial charge on any atom is 0.335 e. The first kappa shape index (κ1) is 25.0. The van der Waals surface area contributed by atoms with E-state index >= 15 is 0 Å². The summed E-state index contributed by atoms with van der Waals surface area (Å²) in [4.78, 5) is 28.8. The van der Waals surface area contributed by atoms with Gasteiger partial charge in [-0.25, -0.2) is 9.59 Å². The second-order valence-electron chi connectivity index (χ2n) is 11.2. The average Bonchev–Trinajstić information content (AvgIpc) is 3.18. The number of rotatable bonds is 6. The summed E-state index contributed by atoms with van der Waals surface area (Å²) >= 11 is 0. The Hall–Kier alpha value is -3.32. The van der Waals surface area contributed by atoms with Gasteiger partial charge in [-0.15, -0.1) is 0 Å². The van der Waals surface area contributed by atoms with Crippen molar-refractivity contribution in [3.05, 3.63) is 53.1 Å². The molecule has 0 amide bonds. The molecule has 1 saturated carbocycles. The number of anilines is 1. The lowest BCUT2D eigenvalue weighted by Crippen LogP contribution is -2.38. The standard InChI is InChI=1S/C31H37N3O4/c35-30(36)22-10-12-25-26(19-22)33(16-15-32-13-5-2-6-14-32)17-18-34-27-20-23(31(37)38)9-11-24(27)28(29(25)34)21-7-3-1-4-8-21/h9-12,19-21H,1-8,13-18H2,(H,35,36)(H,37,38). The lowest BCUT2D eigenvalue weighted by Gasteiger charge is -2.31. The van der Waals surface area contributed by atoms with Gasteiger partial charge in [-0.1, -0.05) is 31.7 Å². The number of hydrogen-bond donors (Lipinski definition) is 2. The number of hydrogen-bond acceptors (Lipinski definition) is 4. The molecule has 7 nitrogen and oxygen atoms in total. The van der Waals surface area contributed by atoms with E-state index in [2.05, 4.69) is 14.4 Å². The largest absolute Gasteiger partial charge is 0.478 e. The zero-order chi connectivity index (χ0) is 26.2. The molecule has 3 aromatic rings. The number of carbonyl (C=O) groups is 2. The molecule has 2 fully saturated rings. The second kappa shape index (κ2) is 10.4. The van der Waals surface area contributed by atoms with Gasteiger partial charge in [-0.05, 0) is 80.6 Å². The monoisotopic (exact) mass is 515 g/mol. The number of aromatic carboxylic acids is 2. The van der Waals surface area contributed by atoms with Crippen LogP contribution in [-0.4, -0.2) is 64.3 Å². The van der Waals surface area contributed by atoms with Gasteiger partial charge in [0.05, 0.1) is 16.8 Å². The van der Waals surface area contributed by atoms with Crippen LogP contribution in [0.15, 0.2) is 36.4 Å². The van der Waals surface area contributed by atoms with Crippen LogP contribution in [0, 0.1) is 0 Å². The van der Waals surface area contributed by atoms with Crippen LogP contribution in [0.4, 0.5) is 5.69 Å². The van der Waals surface area contributed by atoms with Crippen molar-refractivity contribution in [2.24, 2.45) is 0 Å². The SMILES string of the molecule is O=C(O)c1ccc2c(c1)N(CCN1CCCCC1)CCn1c-2c(C2CCCCC2)c2ccc(C(=O)O)cc21. The molecule has 1 saturated heterocycles. The van der Waals surface area contributed by atoms with Gasteiger partial charge < -0.3 is 24.6 Å². The molecule has 7 heteroatoms. The predicted octanol–water partition coefficient (Wildman–Crippen LogP) is 6.06. The van der Waals surface area contributed by atoms with Gasteiger partial charge >= 0.3 is 11.9 Å². The van der Waals surface area contributed by atoms with Gasteiger partial charge in [0.1, 0.15) is 0 Å². The molecule has 200 valence electrons. The Balaban J connectivity index is 1.51. The molecule has 0 radical (unpaired) electrons. The molecule has 0 unspecified atom stereocenters. The maximum atomic E-state index is 12.0. The molecule has 1 aromatic heterocycles. The molecule has 0 spiro atoms. The zero-order valence-electron chi connectivity index (χ0n) is 22.0. The molecule has 0 atom stereocenters. The van der Waals surface area contributed by atoms with Crippen molar-refractivity contribution in [2.75, 3.05) is 37.6 Å². The first-order chi connectivity index (χ1) is 18.5. The fraction of sp³-hybridized carbons (Fsp3) is 0.484. The molecule has 3 heterocycles. The van der Waals surface area contributed by atoms with Crippen LogP contribution >= 0.6 is 0 Å². The van der Waals surface area contributed by atoms with Crippen LogP contribution in [0.2, 0.25) is 0 Å². The topological polar surface area (TPSA) is 86.0 Å². The van der Waals surface area contributed by atoms with E-state index in [1.165, 1.54) is 44.1 Å². The highest BCUT2D eigenvalue weighted by Crippen LogP contribution is 2.47. The molecule has 0 bridgehead atoms. The molecule has 2 aliphatic heterocycles. The van der Waals surface area contributed by atoms with Crippen molar-refractivity contribution in [3.8, 4) is 11.3 Å². The third-order valence-electron chi connectivity index (χ3n) is 8.93. The second-order valence-corrected chi connectivity index (χ2v) is 11.2. The normalized spacial score (nSPS) is 18.7. The minimum Gasteiger partial charge on any atom is -0.478 e. The first-order valence-electron chi connectivity index (χ1n) is 14.3. The van der Waals surface area contributed by atoms with Gasteiger partial charge in [0.2, 0.25) is 0 Å². The van der Waals surface area contributed by atoms with Crippen LogP contribution in [0.3, 0.4) is 0 Å². The third-order valence-corrected chi connectivity index (χ3v) is 8.93. The van der Waals surface area contributed by atoms with Crippen molar-refractivity contribution in [1.29, 1.82) is 0 Å². The van der Waals surface area contributed by atoms with Crippen molar-refractivity contribution in [3.63, 3.8) is 0 Å².